The van der Waals surface area contributed by atoms with E-state index in [1.807, 2.05) is 27.7 Å². The summed E-state index contributed by atoms with van der Waals surface area (Å²) < 4.78 is 34.9. The van der Waals surface area contributed by atoms with E-state index in [9.17, 15) is 12.6 Å². The zero-order valence-corrected chi connectivity index (χ0v) is 21.4. The SMILES string of the molecule is CCNC(=NCC(C)(C)CCS(C)(=O)=O)NC1CCCC(S(=O)CC)C1.I. The van der Waals surface area contributed by atoms with E-state index in [1.54, 1.807) is 0 Å². The van der Waals surface area contributed by atoms with E-state index in [-0.39, 0.29) is 40.4 Å². The largest absolute Gasteiger partial charge is 0.357 e. The fourth-order valence-corrected chi connectivity index (χ4v) is 5.37. The summed E-state index contributed by atoms with van der Waals surface area (Å²) in [4.78, 5) is 4.69. The molecule has 6 nitrogen and oxygen atoms in total. The zero-order valence-electron chi connectivity index (χ0n) is 17.4. The monoisotopic (exact) mass is 535 g/mol. The molecule has 162 valence electrons. The van der Waals surface area contributed by atoms with Crippen molar-refractivity contribution in [3.8, 4) is 0 Å². The lowest BCUT2D eigenvalue weighted by Crippen LogP contribution is -2.47. The number of hydrogen-bond donors (Lipinski definition) is 2. The van der Waals surface area contributed by atoms with Crippen LogP contribution in [0.3, 0.4) is 0 Å². The molecule has 2 N–H and O–H groups in total. The van der Waals surface area contributed by atoms with Gasteiger partial charge in [0.05, 0.1) is 5.75 Å². The van der Waals surface area contributed by atoms with Crippen molar-refractivity contribution in [2.45, 2.75) is 71.1 Å². The van der Waals surface area contributed by atoms with Gasteiger partial charge < -0.3 is 10.6 Å². The van der Waals surface area contributed by atoms with E-state index >= 15 is 0 Å². The van der Waals surface area contributed by atoms with Crippen LogP contribution in [0.15, 0.2) is 4.99 Å². The quantitative estimate of drug-likeness (QED) is 0.269. The lowest BCUT2D eigenvalue weighted by atomic mass is 9.90. The fourth-order valence-electron chi connectivity index (χ4n) is 3.10. The maximum Gasteiger partial charge on any atom is 0.191 e. The smallest absolute Gasteiger partial charge is 0.191 e. The molecule has 1 fully saturated rings. The third kappa shape index (κ3) is 11.6. The van der Waals surface area contributed by atoms with E-state index in [4.69, 9.17) is 4.99 Å². The zero-order chi connectivity index (χ0) is 19.8. The molecular weight excluding hydrogens is 497 g/mol. The molecule has 1 aliphatic carbocycles. The normalized spacial score (nSPS) is 22.6. The highest BCUT2D eigenvalue weighted by molar-refractivity contribution is 14.0. The van der Waals surface area contributed by atoms with Crippen LogP contribution in [-0.2, 0) is 20.6 Å². The number of halogens is 1. The molecule has 1 rings (SSSR count). The van der Waals surface area contributed by atoms with Gasteiger partial charge in [0, 0.05) is 47.2 Å². The summed E-state index contributed by atoms with van der Waals surface area (Å²) in [5.74, 6) is 1.68. The first kappa shape index (κ1) is 27.1. The van der Waals surface area contributed by atoms with Crippen LogP contribution in [0.5, 0.6) is 0 Å². The Morgan fingerprint density at radius 3 is 2.48 bits per heavy atom. The van der Waals surface area contributed by atoms with E-state index < -0.39 is 20.6 Å². The number of nitrogens with zero attached hydrogens (tertiary/aromatic N) is 1. The van der Waals surface area contributed by atoms with E-state index in [0.717, 1.165) is 43.9 Å². The van der Waals surface area contributed by atoms with Gasteiger partial charge in [-0.25, -0.2) is 8.42 Å². The van der Waals surface area contributed by atoms with Crippen molar-refractivity contribution in [1.29, 1.82) is 0 Å². The van der Waals surface area contributed by atoms with Crippen LogP contribution in [0.2, 0.25) is 0 Å². The summed E-state index contributed by atoms with van der Waals surface area (Å²) >= 11 is 0. The van der Waals surface area contributed by atoms with Gasteiger partial charge in [-0.3, -0.25) is 9.20 Å². The van der Waals surface area contributed by atoms with Crippen LogP contribution < -0.4 is 10.6 Å². The van der Waals surface area contributed by atoms with Crippen LogP contribution in [0.25, 0.3) is 0 Å². The average Bonchev–Trinajstić information content (AvgIpc) is 2.57. The first-order valence-corrected chi connectivity index (χ1v) is 13.1. The van der Waals surface area contributed by atoms with E-state index in [0.29, 0.717) is 19.0 Å². The maximum atomic E-state index is 12.1. The summed E-state index contributed by atoms with van der Waals surface area (Å²) in [6, 6.07) is 0.293. The van der Waals surface area contributed by atoms with Crippen molar-refractivity contribution >= 4 is 50.6 Å². The van der Waals surface area contributed by atoms with Gasteiger partial charge in [0.15, 0.2) is 5.96 Å². The van der Waals surface area contributed by atoms with Gasteiger partial charge in [0.25, 0.3) is 0 Å². The first-order chi connectivity index (χ1) is 12.1. The molecule has 1 aliphatic rings. The van der Waals surface area contributed by atoms with Crippen molar-refractivity contribution in [2.24, 2.45) is 10.4 Å². The van der Waals surface area contributed by atoms with Crippen molar-refractivity contribution in [2.75, 3.05) is 30.9 Å². The highest BCUT2D eigenvalue weighted by atomic mass is 127. The summed E-state index contributed by atoms with van der Waals surface area (Å²) in [7, 11) is -3.69. The minimum Gasteiger partial charge on any atom is -0.357 e. The Bertz CT molecular complexity index is 595. The minimum atomic E-state index is -2.95. The Balaban J connectivity index is 0.00000676. The molecule has 0 saturated heterocycles. The molecule has 3 unspecified atom stereocenters. The summed E-state index contributed by atoms with van der Waals surface area (Å²) in [6.07, 6.45) is 5.99. The van der Waals surface area contributed by atoms with Gasteiger partial charge in [-0.2, -0.15) is 0 Å². The lowest BCUT2D eigenvalue weighted by Gasteiger charge is -2.30. The number of nitrogens with one attached hydrogen (secondary N) is 2. The molecule has 0 aromatic carbocycles. The fraction of sp³-hybridized carbons (Fsp3) is 0.944. The number of rotatable bonds is 9. The van der Waals surface area contributed by atoms with Crippen LogP contribution in [0.1, 0.15) is 59.8 Å². The van der Waals surface area contributed by atoms with Crippen molar-refractivity contribution < 1.29 is 12.6 Å². The van der Waals surface area contributed by atoms with Crippen LogP contribution in [-0.4, -0.2) is 60.7 Å². The molecule has 9 heteroatoms. The average molecular weight is 536 g/mol. The van der Waals surface area contributed by atoms with Gasteiger partial charge >= 0.3 is 0 Å². The maximum absolute atomic E-state index is 12.1. The Morgan fingerprint density at radius 2 is 1.93 bits per heavy atom. The molecule has 3 atom stereocenters. The predicted octanol–water partition coefficient (Wildman–Crippen LogP) is 2.70. The summed E-state index contributed by atoms with van der Waals surface area (Å²) in [6.45, 7) is 9.44. The molecule has 0 bridgehead atoms. The second-order valence-electron chi connectivity index (χ2n) is 8.04. The molecule has 0 spiro atoms. The highest BCUT2D eigenvalue weighted by Crippen LogP contribution is 2.24. The van der Waals surface area contributed by atoms with Gasteiger partial charge in [0.2, 0.25) is 0 Å². The molecule has 0 heterocycles. The Morgan fingerprint density at radius 1 is 1.26 bits per heavy atom. The Labute approximate surface area is 185 Å². The molecule has 1 saturated carbocycles. The lowest BCUT2D eigenvalue weighted by molar-refractivity contribution is 0.363. The molecule has 0 amide bonds. The van der Waals surface area contributed by atoms with Crippen molar-refractivity contribution in [3.63, 3.8) is 0 Å². The van der Waals surface area contributed by atoms with Crippen LogP contribution in [0.4, 0.5) is 0 Å². The minimum absolute atomic E-state index is 0. The number of sulfone groups is 1. The molecule has 0 radical (unpaired) electrons. The topological polar surface area (TPSA) is 87.6 Å². The molecule has 0 aromatic heterocycles. The molecule has 0 aromatic rings. The Kier molecular flexibility index (Phi) is 12.7. The summed E-state index contributed by atoms with van der Waals surface area (Å²) in [5.41, 5.74) is -0.176. The highest BCUT2D eigenvalue weighted by Gasteiger charge is 2.26. The first-order valence-electron chi connectivity index (χ1n) is 9.66. The van der Waals surface area contributed by atoms with Crippen molar-refractivity contribution in [3.05, 3.63) is 0 Å². The van der Waals surface area contributed by atoms with Gasteiger partial charge in [0.1, 0.15) is 9.84 Å². The van der Waals surface area contributed by atoms with Gasteiger partial charge in [-0.05, 0) is 38.0 Å². The van der Waals surface area contributed by atoms with Crippen molar-refractivity contribution in [1.82, 2.24) is 10.6 Å². The second-order valence-corrected chi connectivity index (χ2v) is 12.3. The second kappa shape index (κ2) is 12.6. The van der Waals surface area contributed by atoms with Crippen LogP contribution in [0, 0.1) is 5.41 Å². The van der Waals surface area contributed by atoms with E-state index in [1.165, 1.54) is 6.26 Å². The number of guanidine groups is 1. The number of hydrogen-bond acceptors (Lipinski definition) is 4. The third-order valence-corrected chi connectivity index (χ3v) is 7.47. The van der Waals surface area contributed by atoms with Gasteiger partial charge in [-0.1, -0.05) is 27.2 Å². The summed E-state index contributed by atoms with van der Waals surface area (Å²) in [5, 5.41) is 7.05. The molecule has 0 aliphatic heterocycles. The third-order valence-electron chi connectivity index (χ3n) is 4.78. The van der Waals surface area contributed by atoms with Gasteiger partial charge in [-0.15, -0.1) is 24.0 Å². The molecular formula is C18H38IN3O3S2. The molecule has 27 heavy (non-hydrogen) atoms. The number of aliphatic imine (C=N–C) groups is 1. The Hall–Kier alpha value is 0.1000. The standard InChI is InChI=1S/C18H37N3O3S2.HI/c1-6-19-17(20-14-18(3,4)11-12-26(5,23)24)21-15-9-8-10-16(13-15)25(22)7-2;/h15-16H,6-14H2,1-5H3,(H2,19,20,21);1H. The van der Waals surface area contributed by atoms with E-state index in [2.05, 4.69) is 10.6 Å². The van der Waals surface area contributed by atoms with Crippen LogP contribution >= 0.6 is 24.0 Å². The predicted molar refractivity (Wildman–Crippen MR) is 127 cm³/mol.